The van der Waals surface area contributed by atoms with Crippen molar-refractivity contribution in [3.63, 3.8) is 0 Å². The Kier molecular flexibility index (Phi) is 2.77. The summed E-state index contributed by atoms with van der Waals surface area (Å²) in [6.45, 7) is 0.764. The fourth-order valence-electron chi connectivity index (χ4n) is 1.61. The Labute approximate surface area is 96.5 Å². The highest BCUT2D eigenvalue weighted by Gasteiger charge is 2.01. The van der Waals surface area contributed by atoms with Gasteiger partial charge in [-0.15, -0.1) is 0 Å². The van der Waals surface area contributed by atoms with Crippen molar-refractivity contribution in [1.29, 1.82) is 5.41 Å². The molecule has 0 bridgehead atoms. The number of fused-ring (bicyclic) bond motifs is 1. The first kappa shape index (κ1) is 10.2. The van der Waals surface area contributed by atoms with Crippen LogP contribution in [-0.4, -0.2) is 10.4 Å². The van der Waals surface area contributed by atoms with Crippen LogP contribution in [0.4, 0.5) is 0 Å². The number of aryl methyl sites for hydroxylation is 1. The molecule has 0 saturated carbocycles. The summed E-state index contributed by atoms with van der Waals surface area (Å²) in [5.41, 5.74) is 6.52. The molecule has 4 heteroatoms. The molecule has 0 aliphatic rings. The Morgan fingerprint density at radius 1 is 1.40 bits per heavy atom. The number of nitrogens with zero attached hydrogens (tertiary/aromatic N) is 1. The number of halogens is 1. The number of aromatic nitrogens is 1. The molecular weight excluding hydrogens is 254 g/mol. The average molecular weight is 266 g/mol. The maximum absolute atomic E-state index is 7.20. The van der Waals surface area contributed by atoms with E-state index in [0.717, 1.165) is 11.0 Å². The Balaban J connectivity index is 2.32. The van der Waals surface area contributed by atoms with Gasteiger partial charge in [-0.1, -0.05) is 15.9 Å². The molecule has 15 heavy (non-hydrogen) atoms. The number of nitrogens with one attached hydrogen (secondary N) is 1. The van der Waals surface area contributed by atoms with Gasteiger partial charge < -0.3 is 10.3 Å². The Morgan fingerprint density at radius 3 is 2.93 bits per heavy atom. The van der Waals surface area contributed by atoms with Gasteiger partial charge >= 0.3 is 0 Å². The lowest BCUT2D eigenvalue weighted by Gasteiger charge is -2.04. The van der Waals surface area contributed by atoms with E-state index in [1.807, 2.05) is 12.3 Å². The van der Waals surface area contributed by atoms with E-state index in [2.05, 4.69) is 38.7 Å². The summed E-state index contributed by atoms with van der Waals surface area (Å²) in [5.74, 6) is 0.231. The molecule has 1 aromatic carbocycles. The first-order valence-corrected chi connectivity index (χ1v) is 5.53. The van der Waals surface area contributed by atoms with E-state index in [4.69, 9.17) is 11.1 Å². The fraction of sp³-hybridized carbons (Fsp3) is 0.182. The quantitative estimate of drug-likeness (QED) is 0.651. The molecule has 78 valence electrons. The number of hydrogen-bond donors (Lipinski definition) is 2. The third kappa shape index (κ3) is 2.21. The van der Waals surface area contributed by atoms with E-state index in [1.165, 1.54) is 10.9 Å². The molecule has 2 aromatic rings. The van der Waals surface area contributed by atoms with Crippen LogP contribution in [0.5, 0.6) is 0 Å². The number of nitrogens with two attached hydrogens (primary N) is 1. The molecule has 0 radical (unpaired) electrons. The van der Waals surface area contributed by atoms with E-state index in [9.17, 15) is 0 Å². The van der Waals surface area contributed by atoms with Crippen molar-refractivity contribution < 1.29 is 0 Å². The number of hydrogen-bond acceptors (Lipinski definition) is 1. The Morgan fingerprint density at radius 2 is 2.20 bits per heavy atom. The van der Waals surface area contributed by atoms with Crippen LogP contribution in [0.1, 0.15) is 6.42 Å². The minimum atomic E-state index is 0.231. The summed E-state index contributed by atoms with van der Waals surface area (Å²) in [5, 5.41) is 8.40. The maximum atomic E-state index is 7.20. The van der Waals surface area contributed by atoms with E-state index in [-0.39, 0.29) is 5.84 Å². The molecule has 1 heterocycles. The van der Waals surface area contributed by atoms with E-state index in [1.54, 1.807) is 0 Å². The topological polar surface area (TPSA) is 54.8 Å². The van der Waals surface area contributed by atoms with Gasteiger partial charge in [0.2, 0.25) is 0 Å². The van der Waals surface area contributed by atoms with Crippen molar-refractivity contribution in [2.45, 2.75) is 13.0 Å². The minimum absolute atomic E-state index is 0.231. The van der Waals surface area contributed by atoms with Gasteiger partial charge in [0.05, 0.1) is 5.84 Å². The van der Waals surface area contributed by atoms with Crippen molar-refractivity contribution in [1.82, 2.24) is 4.57 Å². The molecule has 2 rings (SSSR count). The maximum Gasteiger partial charge on any atom is 0.0923 e. The predicted molar refractivity (Wildman–Crippen MR) is 66.2 cm³/mol. The molecule has 0 aliphatic heterocycles. The Bertz CT molecular complexity index is 502. The van der Waals surface area contributed by atoms with Crippen LogP contribution in [0.2, 0.25) is 0 Å². The normalized spacial score (nSPS) is 10.7. The molecule has 3 N–H and O–H groups in total. The van der Waals surface area contributed by atoms with Crippen molar-refractivity contribution in [2.75, 3.05) is 0 Å². The average Bonchev–Trinajstić information content (AvgIpc) is 2.57. The first-order chi connectivity index (χ1) is 7.16. The summed E-state index contributed by atoms with van der Waals surface area (Å²) in [7, 11) is 0. The summed E-state index contributed by atoms with van der Waals surface area (Å²) in [6.07, 6.45) is 2.62. The molecule has 0 aliphatic carbocycles. The van der Waals surface area contributed by atoms with E-state index in [0.29, 0.717) is 6.42 Å². The van der Waals surface area contributed by atoms with Crippen LogP contribution in [0.3, 0.4) is 0 Å². The van der Waals surface area contributed by atoms with Gasteiger partial charge in [-0.2, -0.15) is 0 Å². The summed E-state index contributed by atoms with van der Waals surface area (Å²) >= 11 is 3.44. The predicted octanol–water partition coefficient (Wildman–Crippen LogP) is 2.73. The molecule has 0 amide bonds. The molecule has 0 fully saturated rings. The fourth-order valence-corrected chi connectivity index (χ4v) is 1.99. The summed E-state index contributed by atoms with van der Waals surface area (Å²) < 4.78 is 3.20. The summed E-state index contributed by atoms with van der Waals surface area (Å²) in [6, 6.07) is 8.24. The smallest absolute Gasteiger partial charge is 0.0923 e. The molecule has 3 nitrogen and oxygen atoms in total. The zero-order valence-corrected chi connectivity index (χ0v) is 9.79. The van der Waals surface area contributed by atoms with Gasteiger partial charge in [0.15, 0.2) is 0 Å². The zero-order chi connectivity index (χ0) is 10.8. The lowest BCUT2D eigenvalue weighted by Crippen LogP contribution is -2.12. The molecule has 0 atom stereocenters. The lowest BCUT2D eigenvalue weighted by atomic mass is 10.2. The zero-order valence-electron chi connectivity index (χ0n) is 8.20. The van der Waals surface area contributed by atoms with Crippen molar-refractivity contribution in [3.05, 3.63) is 34.9 Å². The van der Waals surface area contributed by atoms with Crippen molar-refractivity contribution in [3.8, 4) is 0 Å². The third-order valence-corrected chi connectivity index (χ3v) is 2.85. The number of amidine groups is 1. The molecule has 0 saturated heterocycles. The van der Waals surface area contributed by atoms with Gasteiger partial charge in [0.1, 0.15) is 0 Å². The van der Waals surface area contributed by atoms with E-state index >= 15 is 0 Å². The minimum Gasteiger partial charge on any atom is -0.388 e. The van der Waals surface area contributed by atoms with Gasteiger partial charge in [-0.3, -0.25) is 5.41 Å². The second kappa shape index (κ2) is 4.06. The highest BCUT2D eigenvalue weighted by atomic mass is 79.9. The van der Waals surface area contributed by atoms with Crippen LogP contribution in [0.15, 0.2) is 34.9 Å². The second-order valence-corrected chi connectivity index (χ2v) is 4.40. The van der Waals surface area contributed by atoms with Crippen molar-refractivity contribution >= 4 is 32.7 Å². The van der Waals surface area contributed by atoms with Crippen LogP contribution < -0.4 is 5.73 Å². The van der Waals surface area contributed by atoms with Crippen LogP contribution in [0, 0.1) is 5.41 Å². The first-order valence-electron chi connectivity index (χ1n) is 4.74. The standard InChI is InChI=1S/C11H12BrN3/c12-9-1-2-10-8(7-9)3-5-15(10)6-4-11(13)14/h1-3,5,7H,4,6H2,(H3,13,14). The third-order valence-electron chi connectivity index (χ3n) is 2.36. The van der Waals surface area contributed by atoms with E-state index < -0.39 is 0 Å². The number of benzene rings is 1. The second-order valence-electron chi connectivity index (χ2n) is 3.49. The highest BCUT2D eigenvalue weighted by Crippen LogP contribution is 2.20. The number of rotatable bonds is 3. The molecule has 0 unspecified atom stereocenters. The van der Waals surface area contributed by atoms with Crippen LogP contribution in [-0.2, 0) is 6.54 Å². The van der Waals surface area contributed by atoms with Gasteiger partial charge in [-0.25, -0.2) is 0 Å². The molecular formula is C11H12BrN3. The lowest BCUT2D eigenvalue weighted by molar-refractivity contribution is 0.750. The molecule has 1 aromatic heterocycles. The van der Waals surface area contributed by atoms with Crippen LogP contribution >= 0.6 is 15.9 Å². The molecule has 0 spiro atoms. The summed E-state index contributed by atoms with van der Waals surface area (Å²) in [4.78, 5) is 0. The van der Waals surface area contributed by atoms with Gasteiger partial charge in [0, 0.05) is 34.5 Å². The monoisotopic (exact) mass is 265 g/mol. The van der Waals surface area contributed by atoms with Gasteiger partial charge in [0.25, 0.3) is 0 Å². The Hall–Kier alpha value is -1.29. The van der Waals surface area contributed by atoms with Crippen LogP contribution in [0.25, 0.3) is 10.9 Å². The SMILES string of the molecule is N=C(N)CCn1ccc2cc(Br)ccc21. The largest absolute Gasteiger partial charge is 0.388 e. The van der Waals surface area contributed by atoms with Crippen molar-refractivity contribution in [2.24, 2.45) is 5.73 Å². The highest BCUT2D eigenvalue weighted by molar-refractivity contribution is 9.10. The van der Waals surface area contributed by atoms with Gasteiger partial charge in [-0.05, 0) is 24.3 Å².